The number of esters is 1. The topological polar surface area (TPSA) is 494 Å². The summed E-state index contributed by atoms with van der Waals surface area (Å²) in [5, 5.41) is 188. The Morgan fingerprint density at radius 1 is 0.387 bits per heavy atom. The highest BCUT2D eigenvalue weighted by Crippen LogP contribution is 2.38. The molecule has 22 aliphatic heterocycles. The number of hydrogen-bond donors (Lipinski definition) is 17. The second-order valence-corrected chi connectivity index (χ2v) is 18.8. The molecule has 0 radical (unpaired) electrons. The maximum Gasteiger partial charge on any atom is 0.310 e. The van der Waals surface area contributed by atoms with Crippen molar-refractivity contribution in [3.63, 3.8) is 0 Å². The van der Waals surface area contributed by atoms with Crippen molar-refractivity contribution in [3.8, 4) is 0 Å². The average Bonchev–Trinajstić information content (AvgIpc) is 3.40. The van der Waals surface area contributed by atoms with Gasteiger partial charge in [-0.2, -0.15) is 0 Å². The molecule has 32 nitrogen and oxygen atoms in total. The molecular formula is C43H65NO31. The molecule has 0 amide bonds. The Hall–Kier alpha value is -2.54. The summed E-state index contributed by atoms with van der Waals surface area (Å²) in [5.41, 5.74) is 0.330. The monoisotopic (exact) mass is 1090 g/mol. The minimum absolute atomic E-state index is 0.330. The molecule has 1 aromatic rings. The summed E-state index contributed by atoms with van der Waals surface area (Å²) in [4.78, 5) is 17.5. The highest BCUT2D eigenvalue weighted by Gasteiger charge is 2.59. The molecule has 30 atom stereocenters. The molecular weight excluding hydrogens is 1030 g/mol. The van der Waals surface area contributed by atoms with E-state index in [1.807, 2.05) is 0 Å². The van der Waals surface area contributed by atoms with E-state index in [1.54, 1.807) is 0 Å². The van der Waals surface area contributed by atoms with Gasteiger partial charge >= 0.3 is 5.97 Å². The number of aromatic nitrogens is 1. The molecule has 0 saturated carbocycles. The first kappa shape index (κ1) is 58.6. The van der Waals surface area contributed by atoms with Crippen LogP contribution < -0.4 is 0 Å². The van der Waals surface area contributed by atoms with Crippen LogP contribution in [0.15, 0.2) is 24.5 Å². The molecule has 22 fully saturated rings. The van der Waals surface area contributed by atoms with Crippen LogP contribution in [0.5, 0.6) is 0 Å². The second-order valence-electron chi connectivity index (χ2n) is 18.8. The molecule has 22 aliphatic rings. The molecule has 0 aliphatic carbocycles. The van der Waals surface area contributed by atoms with Gasteiger partial charge in [0, 0.05) is 12.4 Å². The number of ether oxygens (including phenoxy) is 13. The number of aliphatic hydroxyl groups excluding tert-OH is 17. The van der Waals surface area contributed by atoms with E-state index in [9.17, 15) is 91.6 Å². The van der Waals surface area contributed by atoms with E-state index in [0.717, 1.165) is 0 Å². The van der Waals surface area contributed by atoms with Crippen molar-refractivity contribution < 1.29 is 153 Å². The molecule has 428 valence electrons. The van der Waals surface area contributed by atoms with Crippen LogP contribution in [-0.4, -0.2) is 322 Å². The van der Waals surface area contributed by atoms with Crippen LogP contribution in [0.25, 0.3) is 0 Å². The van der Waals surface area contributed by atoms with Gasteiger partial charge in [0.25, 0.3) is 0 Å². The molecule has 0 aromatic carbocycles. The lowest BCUT2D eigenvalue weighted by atomic mass is 9.94. The number of carbonyl (C=O) groups excluding carboxylic acids is 1. The molecule has 12 bridgehead atoms. The summed E-state index contributed by atoms with van der Waals surface area (Å²) < 4.78 is 74.9. The number of rotatable bonds is 9. The maximum absolute atomic E-state index is 13.5. The summed E-state index contributed by atoms with van der Waals surface area (Å²) in [7, 11) is 0. The van der Waals surface area contributed by atoms with Crippen molar-refractivity contribution in [2.75, 3.05) is 39.6 Å². The van der Waals surface area contributed by atoms with Gasteiger partial charge in [0.05, 0.1) is 46.1 Å². The Morgan fingerprint density at radius 2 is 0.653 bits per heavy atom. The fourth-order valence-electron chi connectivity index (χ4n) is 9.91. The summed E-state index contributed by atoms with van der Waals surface area (Å²) in [6, 6.07) is 3.03. The van der Waals surface area contributed by atoms with Gasteiger partial charge in [0.2, 0.25) is 0 Å². The Labute approximate surface area is 424 Å². The predicted octanol–water partition coefficient (Wildman–Crippen LogP) is -11.9. The third kappa shape index (κ3) is 12.0. The highest BCUT2D eigenvalue weighted by molar-refractivity contribution is 5.72. The number of hydrogen-bond acceptors (Lipinski definition) is 32. The second kappa shape index (κ2) is 25.3. The van der Waals surface area contributed by atoms with Crippen molar-refractivity contribution in [1.82, 2.24) is 4.98 Å². The minimum atomic E-state index is -2.22. The molecule has 32 heteroatoms. The average molecular weight is 1090 g/mol. The van der Waals surface area contributed by atoms with Gasteiger partial charge in [-0.15, -0.1) is 0 Å². The fourth-order valence-corrected chi connectivity index (χ4v) is 9.91. The zero-order valence-corrected chi connectivity index (χ0v) is 39.3. The van der Waals surface area contributed by atoms with Crippen LogP contribution >= 0.6 is 0 Å². The van der Waals surface area contributed by atoms with Crippen LogP contribution in [0.2, 0.25) is 0 Å². The summed E-state index contributed by atoms with van der Waals surface area (Å²) >= 11 is 0. The van der Waals surface area contributed by atoms with Crippen LogP contribution in [0.1, 0.15) is 5.56 Å². The smallest absolute Gasteiger partial charge is 0.310 e. The van der Waals surface area contributed by atoms with Gasteiger partial charge in [-0.25, -0.2) is 0 Å². The zero-order chi connectivity index (χ0) is 54.2. The molecule has 23 rings (SSSR count). The van der Waals surface area contributed by atoms with Crippen molar-refractivity contribution in [1.29, 1.82) is 0 Å². The van der Waals surface area contributed by atoms with Gasteiger partial charge in [0.1, 0.15) is 140 Å². The first-order valence-electron chi connectivity index (χ1n) is 24.0. The number of nitrogens with zero attached hydrogens (tertiary/aromatic N) is 1. The molecule has 17 N–H and O–H groups in total. The van der Waals surface area contributed by atoms with Crippen LogP contribution in [0.4, 0.5) is 0 Å². The van der Waals surface area contributed by atoms with Crippen molar-refractivity contribution in [2.45, 2.75) is 191 Å². The lowest BCUT2D eigenvalue weighted by Gasteiger charge is -2.51. The van der Waals surface area contributed by atoms with Crippen molar-refractivity contribution in [3.05, 3.63) is 30.1 Å². The molecule has 0 unspecified atom stereocenters. The Balaban J connectivity index is 1.12. The van der Waals surface area contributed by atoms with Crippen LogP contribution in [0.3, 0.4) is 0 Å². The Kier molecular flexibility index (Phi) is 19.8. The number of pyridine rings is 1. The lowest BCUT2D eigenvalue weighted by molar-refractivity contribution is -0.404. The van der Waals surface area contributed by atoms with Gasteiger partial charge in [0.15, 0.2) is 43.8 Å². The van der Waals surface area contributed by atoms with E-state index < -0.39 is 236 Å². The number of aliphatic hydroxyl groups is 17. The Morgan fingerprint density at radius 3 is 0.920 bits per heavy atom. The first-order valence-corrected chi connectivity index (χ1v) is 24.0. The van der Waals surface area contributed by atoms with Gasteiger partial charge in [-0.05, 0) is 11.6 Å². The van der Waals surface area contributed by atoms with E-state index >= 15 is 0 Å². The van der Waals surface area contributed by atoms with Gasteiger partial charge in [-0.1, -0.05) is 6.07 Å². The zero-order valence-electron chi connectivity index (χ0n) is 39.3. The fraction of sp³-hybridized carbons (Fsp3) is 0.860. The maximum atomic E-state index is 13.5. The van der Waals surface area contributed by atoms with Gasteiger partial charge < -0.3 is 148 Å². The standard InChI is InChI=1S/C43H65NO31/c45-6-13-31-20(52)25(57)38(63-13)71-32-14(7-46)65-40(27(59)22(32)54)73-34-16(9-48)67-42(29(61)24(34)56)75-36-18(11-50)68-43(30(62)37(36)69-19(51)4-12-2-1-3-44-5-12)74-35-17(10-49)66-41(28(60)23(35)55)72-33-15(8-47)64-39(70-31)26(58)21(33)53/h1-3,5,13-18,20-43,45-50,52-62H,4,6-11H2/t13-,14-,15-,16-,17-,18-,20-,21-,22-,23-,24-,25-,26-,27-,28-,29-,30-,31-,32-,33-,34-,35-,36+,37-,38-,39-,40-,41-,42-,43-/m1/s1. The normalized spacial score (nSPS) is 50.0. The van der Waals surface area contributed by atoms with Gasteiger partial charge in [-0.3, -0.25) is 9.78 Å². The van der Waals surface area contributed by atoms with E-state index in [0.29, 0.717) is 5.56 Å². The first-order chi connectivity index (χ1) is 35.9. The molecule has 1 aromatic heterocycles. The summed E-state index contributed by atoms with van der Waals surface area (Å²) in [6.45, 7) is -6.19. The molecule has 23 heterocycles. The van der Waals surface area contributed by atoms with E-state index in [1.165, 1.54) is 24.5 Å². The van der Waals surface area contributed by atoms with E-state index in [-0.39, 0.29) is 0 Å². The van der Waals surface area contributed by atoms with Crippen molar-refractivity contribution in [2.24, 2.45) is 0 Å². The number of carbonyl (C=O) groups is 1. The molecule has 0 spiro atoms. The minimum Gasteiger partial charge on any atom is -0.456 e. The summed E-state index contributed by atoms with van der Waals surface area (Å²) in [6.07, 6.45) is -57.4. The Bertz CT molecular complexity index is 1940. The molecule has 75 heavy (non-hydrogen) atoms. The van der Waals surface area contributed by atoms with E-state index in [4.69, 9.17) is 61.6 Å². The van der Waals surface area contributed by atoms with E-state index in [2.05, 4.69) is 4.98 Å². The molecule has 22 saturated heterocycles. The highest BCUT2D eigenvalue weighted by atomic mass is 16.8. The predicted molar refractivity (Wildman–Crippen MR) is 228 cm³/mol. The third-order valence-corrected chi connectivity index (χ3v) is 14.0. The van der Waals surface area contributed by atoms with Crippen molar-refractivity contribution >= 4 is 5.97 Å². The summed E-state index contributed by atoms with van der Waals surface area (Å²) in [5.74, 6) is -1.05. The third-order valence-electron chi connectivity index (χ3n) is 14.0. The van der Waals surface area contributed by atoms with Crippen LogP contribution in [0, 0.1) is 0 Å². The largest absolute Gasteiger partial charge is 0.456 e. The lowest BCUT2D eigenvalue weighted by Crippen LogP contribution is -2.69. The quantitative estimate of drug-likeness (QED) is 0.102. The SMILES string of the molecule is O=C(Cc1cccnc1)O[C@@H]1[C@@H](O)[C@H]2O[C@H]3[C@H](O)[C@@H](O)[C@@H](O[C@H]4[C@H](O)[C@@H](O)[C@@H](O[C@H]5[C@H](O)[C@@H](O)[C@@H](O[C@H]6[C@H](O)[C@@H](O)[C@@H](O[C@H]7[C@H](O)[C@@H](O)[C@@H](O[C@H]1[C@@H](CO)O2)O[C@@H]7CO)O[C@@H]6CO)O[C@@H]5CO)O[C@@H]4CO)O[C@@H]3CO. The van der Waals surface area contributed by atoms with Crippen LogP contribution in [-0.2, 0) is 72.8 Å².